The van der Waals surface area contributed by atoms with Crippen LogP contribution in [0.1, 0.15) is 21.5 Å². The van der Waals surface area contributed by atoms with Crippen LogP contribution in [0.25, 0.3) is 10.9 Å². The van der Waals surface area contributed by atoms with Crippen molar-refractivity contribution in [3.05, 3.63) is 47.0 Å². The number of methoxy groups -OCH3 is 2. The van der Waals surface area contributed by atoms with Crippen LogP contribution in [0.4, 0.5) is 11.5 Å². The molecule has 0 saturated carbocycles. The van der Waals surface area contributed by atoms with Crippen LogP contribution in [0.5, 0.6) is 17.2 Å². The molecule has 0 unspecified atom stereocenters. The fourth-order valence-electron chi connectivity index (χ4n) is 2.85. The first-order valence-electron chi connectivity index (χ1n) is 8.28. The van der Waals surface area contributed by atoms with Gasteiger partial charge in [-0.3, -0.25) is 4.79 Å². The number of hydrogen-bond donors (Lipinski definition) is 3. The Balaban J connectivity index is 2.17. The van der Waals surface area contributed by atoms with Crippen LogP contribution < -0.4 is 20.5 Å². The number of hydrogen-bond acceptors (Lipinski definition) is 6. The van der Waals surface area contributed by atoms with Crippen LogP contribution in [-0.4, -0.2) is 30.2 Å². The van der Waals surface area contributed by atoms with Crippen molar-refractivity contribution < 1.29 is 19.4 Å². The number of nitrogens with zero attached hydrogens (tertiary/aromatic N) is 1. The number of rotatable bonds is 5. The van der Waals surface area contributed by atoms with E-state index in [4.69, 9.17) is 15.2 Å². The summed E-state index contributed by atoms with van der Waals surface area (Å²) in [5.74, 6) is 1.00. The molecule has 3 aromatic rings. The van der Waals surface area contributed by atoms with E-state index in [2.05, 4.69) is 10.3 Å². The fraction of sp³-hybridized carbons (Fsp3) is 0.200. The highest BCUT2D eigenvalue weighted by Crippen LogP contribution is 2.34. The Morgan fingerprint density at radius 3 is 2.33 bits per heavy atom. The van der Waals surface area contributed by atoms with Gasteiger partial charge in [0.2, 0.25) is 0 Å². The van der Waals surface area contributed by atoms with Crippen molar-refractivity contribution in [1.29, 1.82) is 0 Å². The monoisotopic (exact) mass is 367 g/mol. The first-order chi connectivity index (χ1) is 12.8. The molecule has 1 heterocycles. The first-order valence-corrected chi connectivity index (χ1v) is 8.28. The van der Waals surface area contributed by atoms with Gasteiger partial charge >= 0.3 is 0 Å². The Kier molecular flexibility index (Phi) is 4.77. The Labute approximate surface area is 156 Å². The molecule has 0 aliphatic rings. The maximum atomic E-state index is 12.0. The summed E-state index contributed by atoms with van der Waals surface area (Å²) in [6.07, 6.45) is 0. The van der Waals surface area contributed by atoms with Crippen LogP contribution in [0.2, 0.25) is 0 Å². The molecule has 1 amide bonds. The molecular weight excluding hydrogens is 346 g/mol. The lowest BCUT2D eigenvalue weighted by Gasteiger charge is -2.15. The van der Waals surface area contributed by atoms with Gasteiger partial charge in [0.1, 0.15) is 11.6 Å². The van der Waals surface area contributed by atoms with E-state index in [1.165, 1.54) is 7.11 Å². The van der Waals surface area contributed by atoms with Crippen LogP contribution >= 0.6 is 0 Å². The zero-order valence-corrected chi connectivity index (χ0v) is 15.6. The zero-order chi connectivity index (χ0) is 19.7. The quantitative estimate of drug-likeness (QED) is 0.597. The van der Waals surface area contributed by atoms with E-state index in [0.29, 0.717) is 33.8 Å². The predicted molar refractivity (Wildman–Crippen MR) is 104 cm³/mol. The summed E-state index contributed by atoms with van der Waals surface area (Å²) in [5.41, 5.74) is 8.67. The summed E-state index contributed by atoms with van der Waals surface area (Å²) in [4.78, 5) is 16.5. The van der Waals surface area contributed by atoms with Gasteiger partial charge in [-0.25, -0.2) is 4.98 Å². The van der Waals surface area contributed by atoms with Crippen molar-refractivity contribution in [2.24, 2.45) is 5.73 Å². The summed E-state index contributed by atoms with van der Waals surface area (Å²) < 4.78 is 10.6. The Morgan fingerprint density at radius 2 is 1.70 bits per heavy atom. The van der Waals surface area contributed by atoms with Crippen molar-refractivity contribution in [3.8, 4) is 17.2 Å². The van der Waals surface area contributed by atoms with Crippen LogP contribution in [0.15, 0.2) is 30.3 Å². The first kappa shape index (κ1) is 18.3. The van der Waals surface area contributed by atoms with Crippen molar-refractivity contribution in [3.63, 3.8) is 0 Å². The van der Waals surface area contributed by atoms with E-state index in [1.54, 1.807) is 44.4 Å². The number of primary amides is 1. The molecule has 140 valence electrons. The number of amides is 1. The molecule has 0 bridgehead atoms. The number of aromatic hydroxyl groups is 1. The maximum Gasteiger partial charge on any atom is 0.252 e. The fourth-order valence-corrected chi connectivity index (χ4v) is 2.85. The van der Waals surface area contributed by atoms with E-state index in [9.17, 15) is 9.90 Å². The van der Waals surface area contributed by atoms with Crippen LogP contribution in [-0.2, 0) is 0 Å². The molecule has 0 saturated heterocycles. The highest BCUT2D eigenvalue weighted by atomic mass is 16.5. The molecule has 27 heavy (non-hydrogen) atoms. The average molecular weight is 367 g/mol. The lowest BCUT2D eigenvalue weighted by atomic mass is 10.1. The molecule has 0 fully saturated rings. The van der Waals surface area contributed by atoms with Crippen molar-refractivity contribution >= 4 is 28.3 Å². The molecule has 0 aliphatic carbocycles. The van der Waals surface area contributed by atoms with Crippen molar-refractivity contribution in [2.75, 3.05) is 19.5 Å². The standard InChI is InChI=1S/C20H21N3O4/c1-10-6-16(24)11(2)5-14(10)22-20-13(19(21)25)7-12-8-17(26-3)18(27-4)9-15(12)23-20/h5-9,24H,1-4H3,(H2,21,25)(H,22,23). The molecule has 0 atom stereocenters. The summed E-state index contributed by atoms with van der Waals surface area (Å²) >= 11 is 0. The second kappa shape index (κ2) is 7.03. The lowest BCUT2D eigenvalue weighted by Crippen LogP contribution is -2.14. The lowest BCUT2D eigenvalue weighted by molar-refractivity contribution is 0.100. The van der Waals surface area contributed by atoms with Gasteiger partial charge in [-0.05, 0) is 49.2 Å². The van der Waals surface area contributed by atoms with Crippen LogP contribution in [0.3, 0.4) is 0 Å². The Hall–Kier alpha value is -3.48. The third-order valence-electron chi connectivity index (χ3n) is 4.38. The van der Waals surface area contributed by atoms with Gasteiger partial charge in [-0.1, -0.05) is 0 Å². The number of ether oxygens (including phenoxy) is 2. The summed E-state index contributed by atoms with van der Waals surface area (Å²) in [6, 6.07) is 8.58. The van der Waals surface area contributed by atoms with Gasteiger partial charge in [-0.15, -0.1) is 0 Å². The highest BCUT2D eigenvalue weighted by molar-refractivity contribution is 6.02. The largest absolute Gasteiger partial charge is 0.508 e. The molecule has 3 rings (SSSR count). The predicted octanol–water partition coefficient (Wildman–Crippen LogP) is 3.42. The third kappa shape index (κ3) is 3.44. The number of pyridine rings is 1. The van der Waals surface area contributed by atoms with Gasteiger partial charge in [0, 0.05) is 17.1 Å². The number of fused-ring (bicyclic) bond motifs is 1. The number of aromatic nitrogens is 1. The maximum absolute atomic E-state index is 12.0. The molecule has 4 N–H and O–H groups in total. The van der Waals surface area contributed by atoms with Gasteiger partial charge in [-0.2, -0.15) is 0 Å². The number of anilines is 2. The van der Waals surface area contributed by atoms with E-state index in [1.807, 2.05) is 6.92 Å². The Morgan fingerprint density at radius 1 is 1.04 bits per heavy atom. The number of carbonyl (C=O) groups excluding carboxylic acids is 1. The minimum atomic E-state index is -0.602. The zero-order valence-electron chi connectivity index (χ0n) is 15.6. The minimum absolute atomic E-state index is 0.205. The molecule has 7 nitrogen and oxygen atoms in total. The summed E-state index contributed by atoms with van der Waals surface area (Å²) in [6.45, 7) is 3.64. The van der Waals surface area contributed by atoms with E-state index >= 15 is 0 Å². The smallest absolute Gasteiger partial charge is 0.252 e. The second-order valence-corrected chi connectivity index (χ2v) is 6.23. The van der Waals surface area contributed by atoms with Crippen molar-refractivity contribution in [1.82, 2.24) is 4.98 Å². The minimum Gasteiger partial charge on any atom is -0.508 e. The summed E-state index contributed by atoms with van der Waals surface area (Å²) in [7, 11) is 3.08. The molecular formula is C20H21N3O4. The molecule has 1 aromatic heterocycles. The van der Waals surface area contributed by atoms with Gasteiger partial charge < -0.3 is 25.6 Å². The number of phenolic OH excluding ortho intramolecular Hbond substituents is 1. The SMILES string of the molecule is COc1cc2cc(C(N)=O)c(Nc3cc(C)c(O)cc3C)nc2cc1OC. The average Bonchev–Trinajstić information content (AvgIpc) is 2.64. The molecule has 0 radical (unpaired) electrons. The molecule has 0 aliphatic heterocycles. The third-order valence-corrected chi connectivity index (χ3v) is 4.38. The number of aryl methyl sites for hydroxylation is 2. The second-order valence-electron chi connectivity index (χ2n) is 6.23. The number of benzene rings is 2. The molecule has 2 aromatic carbocycles. The number of nitrogens with one attached hydrogen (secondary N) is 1. The van der Waals surface area contributed by atoms with E-state index in [-0.39, 0.29) is 11.3 Å². The van der Waals surface area contributed by atoms with Gasteiger partial charge in [0.25, 0.3) is 5.91 Å². The van der Waals surface area contributed by atoms with Crippen molar-refractivity contribution in [2.45, 2.75) is 13.8 Å². The highest BCUT2D eigenvalue weighted by Gasteiger charge is 2.16. The van der Waals surface area contributed by atoms with Gasteiger partial charge in [0.15, 0.2) is 11.5 Å². The normalized spacial score (nSPS) is 10.7. The van der Waals surface area contributed by atoms with E-state index < -0.39 is 5.91 Å². The Bertz CT molecular complexity index is 1050. The number of carbonyl (C=O) groups is 1. The number of phenols is 1. The topological polar surface area (TPSA) is 107 Å². The molecule has 0 spiro atoms. The number of nitrogens with two attached hydrogens (primary N) is 1. The molecule has 7 heteroatoms. The van der Waals surface area contributed by atoms with Gasteiger partial charge in [0.05, 0.1) is 25.3 Å². The van der Waals surface area contributed by atoms with Crippen LogP contribution in [0, 0.1) is 13.8 Å². The summed E-state index contributed by atoms with van der Waals surface area (Å²) in [5, 5.41) is 13.7. The van der Waals surface area contributed by atoms with E-state index in [0.717, 1.165) is 11.3 Å².